The Balaban J connectivity index is 2.81. The van der Waals surface area contributed by atoms with E-state index in [1.54, 1.807) is 13.8 Å². The average Bonchev–Trinajstić information content (AvgIpc) is 2.30. The van der Waals surface area contributed by atoms with Crippen LogP contribution in [0.25, 0.3) is 0 Å². The van der Waals surface area contributed by atoms with Gasteiger partial charge in [-0.2, -0.15) is 0 Å². The molecule has 0 spiro atoms. The van der Waals surface area contributed by atoms with Gasteiger partial charge in [0.15, 0.2) is 0 Å². The number of hydrogen-bond donors (Lipinski definition) is 1. The summed E-state index contributed by atoms with van der Waals surface area (Å²) in [5.41, 5.74) is 0.367. The summed E-state index contributed by atoms with van der Waals surface area (Å²) in [6, 6.07) is -0.356. The first kappa shape index (κ1) is 13.1. The summed E-state index contributed by atoms with van der Waals surface area (Å²) in [6.45, 7) is 3.96. The lowest BCUT2D eigenvalue weighted by molar-refractivity contribution is -0.138. The summed E-state index contributed by atoms with van der Waals surface area (Å²) < 4.78 is 0. The summed E-state index contributed by atoms with van der Waals surface area (Å²) in [7, 11) is 0. The fraction of sp³-hybridized carbons (Fsp3) is 0.455. The highest BCUT2D eigenvalue weighted by atomic mass is 16.4. The molecule has 0 aliphatic rings. The average molecular weight is 237 g/mol. The Morgan fingerprint density at radius 1 is 1.41 bits per heavy atom. The molecule has 0 aromatic carbocycles. The van der Waals surface area contributed by atoms with Crippen molar-refractivity contribution in [3.05, 3.63) is 24.3 Å². The number of carbonyl (C=O) groups is 2. The molecule has 17 heavy (non-hydrogen) atoms. The van der Waals surface area contributed by atoms with Crippen molar-refractivity contribution in [1.29, 1.82) is 0 Å². The van der Waals surface area contributed by atoms with E-state index in [0.29, 0.717) is 12.1 Å². The Kier molecular flexibility index (Phi) is 4.56. The summed E-state index contributed by atoms with van der Waals surface area (Å²) in [6.07, 6.45) is 4.11. The molecule has 0 fully saturated rings. The topological polar surface area (TPSA) is 83.4 Å². The van der Waals surface area contributed by atoms with Crippen molar-refractivity contribution in [1.82, 2.24) is 14.9 Å². The van der Waals surface area contributed by atoms with E-state index in [1.807, 2.05) is 0 Å². The summed E-state index contributed by atoms with van der Waals surface area (Å²) in [5, 5.41) is 8.72. The number of hydrogen-bond acceptors (Lipinski definition) is 4. The molecule has 0 bridgehead atoms. The van der Waals surface area contributed by atoms with E-state index in [0.717, 1.165) is 0 Å². The van der Waals surface area contributed by atoms with Crippen molar-refractivity contribution in [3.63, 3.8) is 0 Å². The molecule has 1 heterocycles. The third-order valence-corrected chi connectivity index (χ3v) is 2.41. The van der Waals surface area contributed by atoms with Gasteiger partial charge in [-0.05, 0) is 13.8 Å². The quantitative estimate of drug-likeness (QED) is 0.819. The molecule has 1 aromatic heterocycles. The van der Waals surface area contributed by atoms with E-state index in [1.165, 1.54) is 23.6 Å². The van der Waals surface area contributed by atoms with Crippen LogP contribution in [0.1, 0.15) is 30.6 Å². The van der Waals surface area contributed by atoms with Crippen LogP contribution >= 0.6 is 0 Å². The molecular formula is C11H15N3O3. The monoisotopic (exact) mass is 237 g/mol. The van der Waals surface area contributed by atoms with Crippen molar-refractivity contribution in [2.45, 2.75) is 26.3 Å². The molecule has 0 saturated heterocycles. The van der Waals surface area contributed by atoms with Crippen LogP contribution < -0.4 is 0 Å². The van der Waals surface area contributed by atoms with Gasteiger partial charge in [0.05, 0.1) is 12.0 Å². The number of aliphatic carboxylic acids is 1. The first-order chi connectivity index (χ1) is 8.06. The molecule has 0 aliphatic carbocycles. The second kappa shape index (κ2) is 5.93. The third kappa shape index (κ3) is 3.51. The molecule has 0 radical (unpaired) electrons. The Morgan fingerprint density at radius 3 is 2.47 bits per heavy atom. The van der Waals surface area contributed by atoms with E-state index >= 15 is 0 Å². The van der Waals surface area contributed by atoms with E-state index < -0.39 is 5.97 Å². The molecule has 6 heteroatoms. The molecule has 1 atom stereocenters. The Labute approximate surface area is 99.3 Å². The Morgan fingerprint density at radius 2 is 2.00 bits per heavy atom. The molecule has 1 unspecified atom stereocenters. The first-order valence-corrected chi connectivity index (χ1v) is 5.34. The Hall–Kier alpha value is -1.98. The summed E-state index contributed by atoms with van der Waals surface area (Å²) in [5.74, 6) is -1.17. The number of carboxylic acids is 1. The lowest BCUT2D eigenvalue weighted by atomic mass is 10.1. The van der Waals surface area contributed by atoms with Crippen molar-refractivity contribution >= 4 is 11.9 Å². The molecule has 1 N–H and O–H groups in total. The van der Waals surface area contributed by atoms with Gasteiger partial charge < -0.3 is 10.0 Å². The summed E-state index contributed by atoms with van der Waals surface area (Å²) >= 11 is 0. The second-order valence-electron chi connectivity index (χ2n) is 3.67. The SMILES string of the molecule is CCN(C(=O)c1cncnc1)C(C)CC(=O)O. The van der Waals surface area contributed by atoms with Crippen molar-refractivity contribution in [2.24, 2.45) is 0 Å². The molecule has 1 aromatic rings. The minimum Gasteiger partial charge on any atom is -0.481 e. The van der Waals surface area contributed by atoms with Crippen LogP contribution in [0, 0.1) is 0 Å². The van der Waals surface area contributed by atoms with Gasteiger partial charge in [-0.25, -0.2) is 9.97 Å². The predicted molar refractivity (Wildman–Crippen MR) is 60.5 cm³/mol. The lowest BCUT2D eigenvalue weighted by Crippen LogP contribution is -2.39. The number of nitrogens with zero attached hydrogens (tertiary/aromatic N) is 3. The number of amides is 1. The van der Waals surface area contributed by atoms with Crippen molar-refractivity contribution < 1.29 is 14.7 Å². The van der Waals surface area contributed by atoms with Gasteiger partial charge in [0, 0.05) is 25.0 Å². The van der Waals surface area contributed by atoms with Crippen LogP contribution in [0.15, 0.2) is 18.7 Å². The molecule has 6 nitrogen and oxygen atoms in total. The maximum atomic E-state index is 12.1. The molecule has 0 aliphatic heterocycles. The van der Waals surface area contributed by atoms with Gasteiger partial charge in [0.2, 0.25) is 0 Å². The third-order valence-electron chi connectivity index (χ3n) is 2.41. The lowest BCUT2D eigenvalue weighted by Gasteiger charge is -2.26. The van der Waals surface area contributed by atoms with Crippen LogP contribution in [0.5, 0.6) is 0 Å². The molecule has 92 valence electrons. The number of carbonyl (C=O) groups excluding carboxylic acids is 1. The first-order valence-electron chi connectivity index (χ1n) is 5.34. The predicted octanol–water partition coefficient (Wildman–Crippen LogP) is 0.802. The van der Waals surface area contributed by atoms with E-state index in [4.69, 9.17) is 5.11 Å². The highest BCUT2D eigenvalue weighted by Crippen LogP contribution is 2.09. The van der Waals surface area contributed by atoms with Gasteiger partial charge in [0.1, 0.15) is 6.33 Å². The molecular weight excluding hydrogens is 222 g/mol. The zero-order chi connectivity index (χ0) is 12.8. The zero-order valence-corrected chi connectivity index (χ0v) is 9.83. The fourth-order valence-electron chi connectivity index (χ4n) is 1.59. The number of aromatic nitrogens is 2. The number of rotatable bonds is 5. The maximum absolute atomic E-state index is 12.1. The summed E-state index contributed by atoms with van der Waals surface area (Å²) in [4.78, 5) is 31.7. The van der Waals surface area contributed by atoms with Gasteiger partial charge in [-0.1, -0.05) is 0 Å². The zero-order valence-electron chi connectivity index (χ0n) is 9.83. The van der Waals surface area contributed by atoms with E-state index in [2.05, 4.69) is 9.97 Å². The van der Waals surface area contributed by atoms with E-state index in [-0.39, 0.29) is 18.4 Å². The normalized spacial score (nSPS) is 11.9. The second-order valence-corrected chi connectivity index (χ2v) is 3.67. The number of carboxylic acid groups (broad SMARTS) is 1. The van der Waals surface area contributed by atoms with Crippen LogP contribution in [-0.4, -0.2) is 44.4 Å². The van der Waals surface area contributed by atoms with Gasteiger partial charge >= 0.3 is 5.97 Å². The highest BCUT2D eigenvalue weighted by Gasteiger charge is 2.22. The smallest absolute Gasteiger partial charge is 0.305 e. The largest absolute Gasteiger partial charge is 0.481 e. The standard InChI is InChI=1S/C11H15N3O3/c1-3-14(8(2)4-10(15)16)11(17)9-5-12-7-13-6-9/h5-8H,3-4H2,1-2H3,(H,15,16). The molecule has 1 amide bonds. The van der Waals surface area contributed by atoms with Crippen molar-refractivity contribution in [2.75, 3.05) is 6.54 Å². The fourth-order valence-corrected chi connectivity index (χ4v) is 1.59. The van der Waals surface area contributed by atoms with E-state index in [9.17, 15) is 9.59 Å². The van der Waals surface area contributed by atoms with Crippen molar-refractivity contribution in [3.8, 4) is 0 Å². The van der Waals surface area contributed by atoms with Crippen LogP contribution in [0.2, 0.25) is 0 Å². The minimum absolute atomic E-state index is 0.0761. The van der Waals surface area contributed by atoms with Crippen LogP contribution in [0.3, 0.4) is 0 Å². The maximum Gasteiger partial charge on any atom is 0.305 e. The Bertz CT molecular complexity index is 394. The van der Waals surface area contributed by atoms with Gasteiger partial charge in [0.25, 0.3) is 5.91 Å². The van der Waals surface area contributed by atoms with Gasteiger partial charge in [-0.15, -0.1) is 0 Å². The minimum atomic E-state index is -0.923. The van der Waals surface area contributed by atoms with Gasteiger partial charge in [-0.3, -0.25) is 9.59 Å². The molecule has 0 saturated carbocycles. The van der Waals surface area contributed by atoms with Crippen LogP contribution in [-0.2, 0) is 4.79 Å². The van der Waals surface area contributed by atoms with Crippen LogP contribution in [0.4, 0.5) is 0 Å². The highest BCUT2D eigenvalue weighted by molar-refractivity contribution is 5.94. The molecule has 1 rings (SSSR count).